The summed E-state index contributed by atoms with van der Waals surface area (Å²) in [7, 11) is -3.17. The Labute approximate surface area is 192 Å². The van der Waals surface area contributed by atoms with Crippen LogP contribution in [0, 0.1) is 0 Å². The van der Waals surface area contributed by atoms with E-state index in [4.69, 9.17) is 0 Å². The molecule has 2 aromatic rings. The lowest BCUT2D eigenvalue weighted by Gasteiger charge is -2.32. The number of rotatable bonds is 6. The first-order chi connectivity index (χ1) is 15.3. The van der Waals surface area contributed by atoms with Crippen molar-refractivity contribution in [2.45, 2.75) is 57.1 Å². The number of aliphatic hydroxyl groups is 1. The van der Waals surface area contributed by atoms with Crippen LogP contribution in [0.15, 0.2) is 42.5 Å². The number of piperazine rings is 1. The van der Waals surface area contributed by atoms with Crippen LogP contribution >= 0.6 is 0 Å². The van der Waals surface area contributed by atoms with Gasteiger partial charge in [-0.25, -0.2) is 8.42 Å². The molecule has 2 bridgehead atoms. The van der Waals surface area contributed by atoms with Gasteiger partial charge in [0.1, 0.15) is 0 Å². The molecule has 0 amide bonds. The van der Waals surface area contributed by atoms with Crippen LogP contribution in [0.2, 0.25) is 0 Å². The topological polar surface area (TPSA) is 60.9 Å². The highest BCUT2D eigenvalue weighted by atomic mass is 32.2. The first kappa shape index (κ1) is 24.2. The van der Waals surface area contributed by atoms with Gasteiger partial charge in [-0.15, -0.1) is 0 Å². The van der Waals surface area contributed by atoms with E-state index >= 15 is 0 Å². The fourth-order valence-electron chi connectivity index (χ4n) is 5.00. The average Bonchev–Trinajstić information content (AvgIpc) is 3.33. The zero-order valence-electron chi connectivity index (χ0n) is 18.9. The van der Waals surface area contributed by atoms with Crippen molar-refractivity contribution < 1.29 is 26.7 Å². The second-order valence-corrected chi connectivity index (χ2v) is 11.2. The fraction of sp³-hybridized carbons (Fsp3) is 0.500. The minimum absolute atomic E-state index is 0.0438. The Morgan fingerprint density at radius 3 is 2.24 bits per heavy atom. The fourth-order valence-corrected chi connectivity index (χ4v) is 6.14. The third-order valence-corrected chi connectivity index (χ3v) is 8.28. The smallest absolute Gasteiger partial charge is 0.376 e. The minimum Gasteiger partial charge on any atom is -0.376 e. The quantitative estimate of drug-likeness (QED) is 0.679. The van der Waals surface area contributed by atoms with E-state index in [1.807, 2.05) is 19.1 Å². The van der Waals surface area contributed by atoms with Gasteiger partial charge in [-0.3, -0.25) is 4.90 Å². The van der Waals surface area contributed by atoms with Gasteiger partial charge in [0.25, 0.3) is 0 Å². The maximum Gasteiger partial charge on any atom is 0.421 e. The number of hydrogen-bond acceptors (Lipinski definition) is 4. The molecule has 3 unspecified atom stereocenters. The molecule has 0 aromatic heterocycles. The number of halogens is 3. The van der Waals surface area contributed by atoms with Crippen molar-refractivity contribution in [2.75, 3.05) is 19.3 Å². The summed E-state index contributed by atoms with van der Waals surface area (Å²) in [6, 6.07) is 12.3. The third kappa shape index (κ3) is 4.56. The van der Waals surface area contributed by atoms with Crippen molar-refractivity contribution in [3.63, 3.8) is 0 Å². The summed E-state index contributed by atoms with van der Waals surface area (Å²) >= 11 is 0. The molecule has 2 saturated heterocycles. The lowest BCUT2D eigenvalue weighted by Crippen LogP contribution is -2.47. The van der Waals surface area contributed by atoms with Crippen LogP contribution in [0.5, 0.6) is 0 Å². The molecule has 3 atom stereocenters. The number of hydrogen-bond donors (Lipinski definition) is 1. The van der Waals surface area contributed by atoms with Crippen molar-refractivity contribution in [3.8, 4) is 11.1 Å². The summed E-state index contributed by atoms with van der Waals surface area (Å²) in [6.45, 7) is 4.79. The maximum absolute atomic E-state index is 13.1. The summed E-state index contributed by atoms with van der Waals surface area (Å²) in [5.74, 6) is 0. The number of benzene rings is 2. The average molecular weight is 483 g/mol. The van der Waals surface area contributed by atoms with Crippen LogP contribution in [-0.4, -0.2) is 60.3 Å². The lowest BCUT2D eigenvalue weighted by atomic mass is 9.91. The minimum atomic E-state index is -4.75. The van der Waals surface area contributed by atoms with Gasteiger partial charge >= 0.3 is 6.18 Å². The Balaban J connectivity index is 1.51. The van der Waals surface area contributed by atoms with Gasteiger partial charge < -0.3 is 5.11 Å². The summed E-state index contributed by atoms with van der Waals surface area (Å²) in [6.07, 6.45) is -1.86. The highest BCUT2D eigenvalue weighted by molar-refractivity contribution is 7.88. The van der Waals surface area contributed by atoms with Crippen molar-refractivity contribution in [1.29, 1.82) is 0 Å². The van der Waals surface area contributed by atoms with Crippen LogP contribution in [0.25, 0.3) is 11.1 Å². The standard InChI is InChI=1S/C24H29F3N2O3S/c1-4-17-11-16(13-28-14-21-12-20(28)15-29(21)33(3,31)32)5-10-22(17)18-6-8-19(9-7-18)23(2,30)24(25,26)27/h5-11,20-21,30H,4,12-15H2,1-3H3. The number of nitrogens with zero attached hydrogens (tertiary/aromatic N) is 2. The molecule has 9 heteroatoms. The van der Waals surface area contributed by atoms with E-state index in [9.17, 15) is 26.7 Å². The van der Waals surface area contributed by atoms with E-state index in [0.29, 0.717) is 6.54 Å². The molecule has 2 heterocycles. The van der Waals surface area contributed by atoms with Crippen molar-refractivity contribution >= 4 is 10.0 Å². The van der Waals surface area contributed by atoms with Crippen molar-refractivity contribution in [3.05, 3.63) is 59.2 Å². The highest BCUT2D eigenvalue weighted by Crippen LogP contribution is 2.39. The first-order valence-corrected chi connectivity index (χ1v) is 12.9. The molecule has 2 aromatic carbocycles. The molecular formula is C24H29F3N2O3S. The molecule has 2 aliphatic heterocycles. The molecule has 0 radical (unpaired) electrons. The summed E-state index contributed by atoms with van der Waals surface area (Å²) in [4.78, 5) is 2.33. The largest absolute Gasteiger partial charge is 0.421 e. The van der Waals surface area contributed by atoms with Crippen molar-refractivity contribution in [1.82, 2.24) is 9.21 Å². The zero-order chi connectivity index (χ0) is 24.2. The van der Waals surface area contributed by atoms with Gasteiger partial charge in [0.2, 0.25) is 10.0 Å². The molecule has 1 N–H and O–H groups in total. The number of aryl methyl sites for hydroxylation is 1. The molecule has 2 aliphatic rings. The van der Waals surface area contributed by atoms with Crippen LogP contribution in [-0.2, 0) is 28.6 Å². The maximum atomic E-state index is 13.1. The van der Waals surface area contributed by atoms with Crippen LogP contribution in [0.4, 0.5) is 13.2 Å². The van der Waals surface area contributed by atoms with Crippen LogP contribution in [0.3, 0.4) is 0 Å². The predicted octanol–water partition coefficient (Wildman–Crippen LogP) is 3.90. The van der Waals surface area contributed by atoms with E-state index in [0.717, 1.165) is 55.1 Å². The number of likely N-dealkylation sites (tertiary alicyclic amines) is 1. The van der Waals surface area contributed by atoms with E-state index in [1.54, 1.807) is 16.4 Å². The molecule has 33 heavy (non-hydrogen) atoms. The van der Waals surface area contributed by atoms with Gasteiger partial charge in [0.05, 0.1) is 6.26 Å². The van der Waals surface area contributed by atoms with E-state index in [2.05, 4.69) is 11.0 Å². The second-order valence-electron chi connectivity index (χ2n) is 9.30. The third-order valence-electron chi connectivity index (χ3n) is 6.98. The normalized spacial score (nSPS) is 23.7. The van der Waals surface area contributed by atoms with E-state index < -0.39 is 21.8 Å². The molecular weight excluding hydrogens is 453 g/mol. The Morgan fingerprint density at radius 2 is 1.73 bits per heavy atom. The number of alkyl halides is 3. The molecule has 0 saturated carbocycles. The van der Waals surface area contributed by atoms with Gasteiger partial charge in [0.15, 0.2) is 5.60 Å². The lowest BCUT2D eigenvalue weighted by molar-refractivity contribution is -0.258. The van der Waals surface area contributed by atoms with Crippen molar-refractivity contribution in [2.24, 2.45) is 0 Å². The molecule has 0 spiro atoms. The molecule has 180 valence electrons. The monoisotopic (exact) mass is 482 g/mol. The second kappa shape index (κ2) is 8.37. The Bertz CT molecular complexity index is 1130. The number of sulfonamides is 1. The Kier molecular flexibility index (Phi) is 6.14. The van der Waals surface area contributed by atoms with Gasteiger partial charge in [-0.2, -0.15) is 17.5 Å². The highest BCUT2D eigenvalue weighted by Gasteiger charge is 2.51. The number of fused-ring (bicyclic) bond motifs is 2. The molecule has 2 fully saturated rings. The summed E-state index contributed by atoms with van der Waals surface area (Å²) < 4.78 is 64.8. The van der Waals surface area contributed by atoms with Gasteiger partial charge in [-0.1, -0.05) is 49.4 Å². The molecule has 4 rings (SSSR count). The predicted molar refractivity (Wildman–Crippen MR) is 121 cm³/mol. The van der Waals surface area contributed by atoms with Gasteiger partial charge in [0, 0.05) is 31.7 Å². The first-order valence-electron chi connectivity index (χ1n) is 11.0. The Hall–Kier alpha value is -1.94. The molecule has 0 aliphatic carbocycles. The van der Waals surface area contributed by atoms with Crippen LogP contribution < -0.4 is 0 Å². The van der Waals surface area contributed by atoms with Gasteiger partial charge in [-0.05, 0) is 47.6 Å². The summed E-state index contributed by atoms with van der Waals surface area (Å²) in [5.41, 5.74) is 0.871. The van der Waals surface area contributed by atoms with E-state index in [1.165, 1.54) is 18.4 Å². The zero-order valence-corrected chi connectivity index (χ0v) is 19.7. The Morgan fingerprint density at radius 1 is 1.06 bits per heavy atom. The molecule has 5 nitrogen and oxygen atoms in total. The van der Waals surface area contributed by atoms with Crippen LogP contribution in [0.1, 0.15) is 37.0 Å². The SMILES string of the molecule is CCc1cc(CN2CC3CC2CN3S(C)(=O)=O)ccc1-c1ccc(C(C)(O)C(F)(F)F)cc1. The summed E-state index contributed by atoms with van der Waals surface area (Å²) in [5, 5.41) is 9.90. The van der Waals surface area contributed by atoms with E-state index in [-0.39, 0.29) is 17.6 Å².